The molecule has 8 nitrogen and oxygen atoms in total. The van der Waals surface area contributed by atoms with Gasteiger partial charge >= 0.3 is 29.6 Å². The Kier molecular flexibility index (Phi) is 20.8. The Labute approximate surface area is 665 Å². The molecule has 20 rings (SSSR count). The standard InChI is InChI=1S/C49H35N3O.C37H26N2O.C12H10BrN.CH4.Na.H/c1-4-13-46-41(9-1)42-10-2-5-14-47(42)51(46)39-25-21-36(22-26-39)37-23-27-40(28-24-37)52-48-15-6-3-11-43(48)44-31-35(18-29-49(44)52)33-53-32-34-16-19-38(20-17-34)45-12-7-8-30-50-45;40-24-25-13-22-37-33(23-25)32-9-3-6-12-36(32)39(37)29-20-16-27(17-21-29)26-14-18-28(19-15-26)38-34-10-4-1-7-30(34)31-8-2-5-11-35(31)38;13-9-10-4-6-11(7-5-10)12-3-1-2-8-14-12;;;/h1-31H,32-33H2;1-23,40H,24H2;1-8H,9H2;1H4;;/q;;;;+1;-1. The number of halogens is 1. The minimum absolute atomic E-state index is 0. The molecule has 0 aliphatic heterocycles. The molecule has 0 bridgehead atoms. The molecule has 20 aromatic rings. The summed E-state index contributed by atoms with van der Waals surface area (Å²) in [5.41, 5.74) is 27.7. The van der Waals surface area contributed by atoms with Crippen LogP contribution >= 0.6 is 15.9 Å². The number of alkyl halides is 1. The molecular formula is C99H76BrN6NaO2. The molecule has 1 N–H and O–H groups in total. The Morgan fingerprint density at radius 1 is 0.266 bits per heavy atom. The fourth-order valence-corrected chi connectivity index (χ4v) is 15.7. The van der Waals surface area contributed by atoms with Gasteiger partial charge in [0.1, 0.15) is 0 Å². The van der Waals surface area contributed by atoms with Gasteiger partial charge < -0.3 is 29.5 Å². The molecule has 0 fully saturated rings. The first-order valence-electron chi connectivity index (χ1n) is 36.2. The molecule has 0 unspecified atom stereocenters. The number of aliphatic hydroxyl groups excluding tert-OH is 1. The number of nitrogens with zero attached hydrogens (tertiary/aromatic N) is 6. The van der Waals surface area contributed by atoms with E-state index in [0.717, 1.165) is 83.7 Å². The second-order valence-electron chi connectivity index (χ2n) is 26.9. The summed E-state index contributed by atoms with van der Waals surface area (Å²) in [6.07, 6.45) is 3.64. The third kappa shape index (κ3) is 14.0. The van der Waals surface area contributed by atoms with E-state index >= 15 is 0 Å². The molecule has 6 heterocycles. The van der Waals surface area contributed by atoms with Crippen LogP contribution < -0.4 is 29.6 Å². The van der Waals surface area contributed by atoms with Crippen molar-refractivity contribution in [3.8, 4) is 67.5 Å². The number of hydrogen-bond donors (Lipinski definition) is 1. The number of pyridine rings is 2. The third-order valence-electron chi connectivity index (χ3n) is 20.5. The van der Waals surface area contributed by atoms with E-state index < -0.39 is 0 Å². The predicted octanol–water partition coefficient (Wildman–Crippen LogP) is 22.8. The van der Waals surface area contributed by atoms with Crippen molar-refractivity contribution in [3.63, 3.8) is 0 Å². The average Bonchev–Trinajstić information content (AvgIpc) is 1.62. The Bertz CT molecular complexity index is 6470. The van der Waals surface area contributed by atoms with E-state index in [-0.39, 0.29) is 45.0 Å². The maximum absolute atomic E-state index is 9.69. The van der Waals surface area contributed by atoms with Crippen LogP contribution in [0.3, 0.4) is 0 Å². The maximum Gasteiger partial charge on any atom is 1.00 e. The van der Waals surface area contributed by atoms with Gasteiger partial charge in [0.05, 0.1) is 75.3 Å². The van der Waals surface area contributed by atoms with E-state index in [1.165, 1.54) is 98.6 Å². The molecule has 0 radical (unpaired) electrons. The first kappa shape index (κ1) is 71.2. The molecule has 0 spiro atoms. The summed E-state index contributed by atoms with van der Waals surface area (Å²) in [6.45, 7) is 1.14. The van der Waals surface area contributed by atoms with Crippen LogP contribution in [-0.2, 0) is 29.9 Å². The van der Waals surface area contributed by atoms with Gasteiger partial charge in [0.25, 0.3) is 0 Å². The average molecular weight is 1480 g/mol. The molecule has 0 aliphatic rings. The van der Waals surface area contributed by atoms with Crippen molar-refractivity contribution in [2.24, 2.45) is 0 Å². The first-order valence-corrected chi connectivity index (χ1v) is 37.3. The quantitative estimate of drug-likeness (QED) is 0.0870. The zero-order valence-electron chi connectivity index (χ0n) is 60.5. The summed E-state index contributed by atoms with van der Waals surface area (Å²) in [7, 11) is 0. The van der Waals surface area contributed by atoms with E-state index in [4.69, 9.17) is 4.74 Å². The second kappa shape index (κ2) is 31.8. The normalized spacial score (nSPS) is 11.2. The molecular weight excluding hydrogens is 1410 g/mol. The molecule has 0 aliphatic carbocycles. The maximum atomic E-state index is 9.69. The van der Waals surface area contributed by atoms with Crippen molar-refractivity contribution in [1.82, 2.24) is 28.2 Å². The molecule has 0 saturated heterocycles. The Morgan fingerprint density at radius 2 is 0.523 bits per heavy atom. The molecule has 109 heavy (non-hydrogen) atoms. The summed E-state index contributed by atoms with van der Waals surface area (Å²) in [5.74, 6) is 0. The number of aliphatic hydroxyl groups is 1. The minimum Gasteiger partial charge on any atom is -1.00 e. The Hall–Kier alpha value is -12.0. The number of rotatable bonds is 14. The summed E-state index contributed by atoms with van der Waals surface area (Å²) in [4.78, 5) is 8.75. The van der Waals surface area contributed by atoms with Crippen LogP contribution in [0.4, 0.5) is 0 Å². The van der Waals surface area contributed by atoms with Crippen molar-refractivity contribution in [2.45, 2.75) is 32.6 Å². The van der Waals surface area contributed by atoms with Crippen LogP contribution in [0.15, 0.2) is 376 Å². The van der Waals surface area contributed by atoms with Crippen LogP contribution in [-0.4, -0.2) is 33.3 Å². The smallest absolute Gasteiger partial charge is 1.00 e. The molecule has 10 heteroatoms. The molecule has 0 atom stereocenters. The number of aromatic nitrogens is 6. The van der Waals surface area contributed by atoms with Gasteiger partial charge in [-0.1, -0.05) is 254 Å². The van der Waals surface area contributed by atoms with E-state index in [2.05, 4.69) is 366 Å². The van der Waals surface area contributed by atoms with Gasteiger partial charge in [-0.2, -0.15) is 0 Å². The molecule has 6 aromatic heterocycles. The fourth-order valence-electron chi connectivity index (χ4n) is 15.3. The number of benzene rings is 14. The summed E-state index contributed by atoms with van der Waals surface area (Å²) in [6, 6.07) is 129. The van der Waals surface area contributed by atoms with Crippen LogP contribution in [0, 0.1) is 0 Å². The number of para-hydroxylation sites is 6. The van der Waals surface area contributed by atoms with E-state index in [1.54, 1.807) is 0 Å². The number of ether oxygens (including phenoxy) is 1. The summed E-state index contributed by atoms with van der Waals surface area (Å²) < 4.78 is 15.6. The second-order valence-corrected chi connectivity index (χ2v) is 27.5. The zero-order chi connectivity index (χ0) is 71.6. The largest absolute Gasteiger partial charge is 1.00 e. The Morgan fingerprint density at radius 3 is 0.835 bits per heavy atom. The molecule has 14 aromatic carbocycles. The van der Waals surface area contributed by atoms with Crippen molar-refractivity contribution in [2.75, 3.05) is 0 Å². The topological polar surface area (TPSA) is 75.0 Å². The third-order valence-corrected chi connectivity index (χ3v) is 21.2. The van der Waals surface area contributed by atoms with E-state index in [0.29, 0.717) is 13.2 Å². The van der Waals surface area contributed by atoms with Gasteiger partial charge in [0.15, 0.2) is 0 Å². The van der Waals surface area contributed by atoms with Crippen molar-refractivity contribution >= 4 is 103 Å². The number of fused-ring (bicyclic) bond motifs is 12. The van der Waals surface area contributed by atoms with Crippen LogP contribution in [0.1, 0.15) is 31.1 Å². The van der Waals surface area contributed by atoms with E-state index in [9.17, 15) is 5.11 Å². The molecule has 522 valence electrons. The predicted molar refractivity (Wildman–Crippen MR) is 455 cm³/mol. The van der Waals surface area contributed by atoms with Crippen LogP contribution in [0.5, 0.6) is 0 Å². The van der Waals surface area contributed by atoms with Gasteiger partial charge in [-0.3, -0.25) is 9.97 Å². The summed E-state index contributed by atoms with van der Waals surface area (Å²) in [5, 5.41) is 20.5. The van der Waals surface area contributed by atoms with Crippen molar-refractivity contribution in [3.05, 3.63) is 399 Å². The monoisotopic (exact) mass is 1480 g/mol. The fraction of sp³-hybridized carbons (Fsp3) is 0.0505. The van der Waals surface area contributed by atoms with Crippen LogP contribution in [0.2, 0.25) is 0 Å². The van der Waals surface area contributed by atoms with Gasteiger partial charge in [0, 0.05) is 94.7 Å². The molecule has 0 saturated carbocycles. The van der Waals surface area contributed by atoms with Gasteiger partial charge in [-0.15, -0.1) is 0 Å². The van der Waals surface area contributed by atoms with Gasteiger partial charge in [-0.05, 0) is 178 Å². The number of hydrogen-bond acceptors (Lipinski definition) is 4. The first-order chi connectivity index (χ1) is 53.0. The van der Waals surface area contributed by atoms with E-state index in [1.807, 2.05) is 54.9 Å². The van der Waals surface area contributed by atoms with Crippen molar-refractivity contribution < 1.29 is 40.8 Å². The van der Waals surface area contributed by atoms with Gasteiger partial charge in [0.2, 0.25) is 0 Å². The SMILES string of the molecule is BrCc1ccc(-c2ccccn2)cc1.C.OCc1ccc2c(c1)c1ccccc1n2-c1ccc(-c2ccc(-n3c4ccccc4c4ccccc43)cc2)cc1.[H-].[Na+].c1ccc(-c2ccc(COCc3ccc4c(c3)c3ccccc3n4-c3ccc(-c4ccc(-n5c6ccccc6c6ccccc65)cc4)cc3)cc2)nc1. The van der Waals surface area contributed by atoms with Crippen LogP contribution in [0.25, 0.3) is 155 Å². The zero-order valence-corrected chi connectivity index (χ0v) is 63.1. The molecule has 0 amide bonds. The minimum atomic E-state index is 0. The van der Waals surface area contributed by atoms with Gasteiger partial charge in [-0.25, -0.2) is 0 Å². The summed E-state index contributed by atoms with van der Waals surface area (Å²) >= 11 is 3.42. The van der Waals surface area contributed by atoms with Crippen molar-refractivity contribution in [1.29, 1.82) is 0 Å². The Balaban J connectivity index is 0.000000148.